The number of aromatic nitrogens is 2. The number of hydrogen-bond donors (Lipinski definition) is 1. The summed E-state index contributed by atoms with van der Waals surface area (Å²) in [4.78, 5) is 4.21. The second-order valence-electron chi connectivity index (χ2n) is 4.98. The molecule has 0 aliphatic rings. The largest absolute Gasteiger partial charge is 0.389 e. The van der Waals surface area contributed by atoms with Crippen LogP contribution in [0.4, 0.5) is 0 Å². The highest BCUT2D eigenvalue weighted by Crippen LogP contribution is 2.29. The van der Waals surface area contributed by atoms with E-state index in [1.807, 2.05) is 54.1 Å². The van der Waals surface area contributed by atoms with Crippen molar-refractivity contribution in [2.24, 2.45) is 7.05 Å². The van der Waals surface area contributed by atoms with E-state index in [1.165, 1.54) is 0 Å². The number of para-hydroxylation sites is 1. The Kier molecular flexibility index (Phi) is 3.47. The maximum Gasteiger partial charge on any atom is 0.113 e. The van der Waals surface area contributed by atoms with Gasteiger partial charge in [-0.25, -0.2) is 4.98 Å². The molecule has 0 aliphatic heterocycles. The minimum absolute atomic E-state index is 0.566. The maximum atomic E-state index is 10.1. The average molecular weight is 276 g/mol. The van der Waals surface area contributed by atoms with E-state index in [-0.39, 0.29) is 0 Å². The Morgan fingerprint density at radius 2 is 1.86 bits per heavy atom. The molecule has 1 aromatic carbocycles. The minimum Gasteiger partial charge on any atom is -0.389 e. The average Bonchev–Trinajstić information content (AvgIpc) is 2.79. The number of pyridine rings is 1. The first-order valence-electron chi connectivity index (χ1n) is 6.87. The number of aliphatic hydroxyl groups is 1. The summed E-state index contributed by atoms with van der Waals surface area (Å²) in [6.45, 7) is 1.77. The molecule has 1 N–H and O–H groups in total. The van der Waals surface area contributed by atoms with Crippen LogP contribution in [0.2, 0.25) is 0 Å². The molecule has 0 saturated heterocycles. The lowest BCUT2D eigenvalue weighted by Gasteiger charge is -2.04. The zero-order valence-electron chi connectivity index (χ0n) is 12.0. The van der Waals surface area contributed by atoms with Gasteiger partial charge in [0, 0.05) is 29.7 Å². The third kappa shape index (κ3) is 2.42. The van der Waals surface area contributed by atoms with Crippen LogP contribution in [0, 0.1) is 11.8 Å². The van der Waals surface area contributed by atoms with Crippen LogP contribution in [0.5, 0.6) is 0 Å². The summed E-state index contributed by atoms with van der Waals surface area (Å²) in [5, 5.41) is 11.2. The van der Waals surface area contributed by atoms with Crippen LogP contribution in [-0.4, -0.2) is 14.7 Å². The first-order valence-corrected chi connectivity index (χ1v) is 6.87. The molecule has 1 unspecified atom stereocenters. The fourth-order valence-corrected chi connectivity index (χ4v) is 2.56. The van der Waals surface area contributed by atoms with Gasteiger partial charge in [-0.2, -0.15) is 0 Å². The predicted molar refractivity (Wildman–Crippen MR) is 83.8 cm³/mol. The third-order valence-corrected chi connectivity index (χ3v) is 3.54. The molecule has 0 saturated carbocycles. The molecule has 3 rings (SSSR count). The standard InChI is InChI=1S/C18H16N2O/c1-13(21)18-15-8-3-4-9-16(15)20(2)17(18)11-10-14-7-5-6-12-19-14/h3-9,12-13,21H,1-2H3. The van der Waals surface area contributed by atoms with Gasteiger partial charge in [-0.05, 0) is 37.0 Å². The van der Waals surface area contributed by atoms with Gasteiger partial charge in [0.1, 0.15) is 5.69 Å². The van der Waals surface area contributed by atoms with Gasteiger partial charge >= 0.3 is 0 Å². The van der Waals surface area contributed by atoms with Gasteiger partial charge < -0.3 is 9.67 Å². The van der Waals surface area contributed by atoms with Crippen LogP contribution >= 0.6 is 0 Å². The van der Waals surface area contributed by atoms with Crippen molar-refractivity contribution in [1.29, 1.82) is 0 Å². The van der Waals surface area contributed by atoms with Gasteiger partial charge in [0.05, 0.1) is 11.8 Å². The summed E-state index contributed by atoms with van der Waals surface area (Å²) in [6, 6.07) is 13.7. The SMILES string of the molecule is CC(O)c1c(C#Cc2ccccn2)n(C)c2ccccc12. The molecule has 21 heavy (non-hydrogen) atoms. The summed E-state index contributed by atoms with van der Waals surface area (Å²) in [7, 11) is 1.97. The third-order valence-electron chi connectivity index (χ3n) is 3.54. The monoisotopic (exact) mass is 276 g/mol. The van der Waals surface area contributed by atoms with Gasteiger partial charge in [0.15, 0.2) is 0 Å². The Labute approximate surface area is 123 Å². The number of hydrogen-bond acceptors (Lipinski definition) is 2. The maximum absolute atomic E-state index is 10.1. The molecule has 0 aliphatic carbocycles. The van der Waals surface area contributed by atoms with E-state index in [1.54, 1.807) is 13.1 Å². The number of nitrogens with zero attached hydrogens (tertiary/aromatic N) is 2. The topological polar surface area (TPSA) is 38.1 Å². The quantitative estimate of drug-likeness (QED) is 0.694. The van der Waals surface area contributed by atoms with E-state index in [9.17, 15) is 5.11 Å². The molecule has 104 valence electrons. The van der Waals surface area contributed by atoms with E-state index < -0.39 is 6.10 Å². The van der Waals surface area contributed by atoms with Crippen molar-refractivity contribution in [3.63, 3.8) is 0 Å². The molecule has 2 aromatic heterocycles. The molecular formula is C18H16N2O. The number of rotatable bonds is 1. The lowest BCUT2D eigenvalue weighted by Crippen LogP contribution is -1.97. The number of fused-ring (bicyclic) bond motifs is 1. The van der Waals surface area contributed by atoms with Crippen LogP contribution < -0.4 is 0 Å². The Bertz CT molecular complexity index is 836. The molecule has 0 amide bonds. The molecule has 0 radical (unpaired) electrons. The first-order chi connectivity index (χ1) is 10.2. The van der Waals surface area contributed by atoms with Crippen molar-refractivity contribution in [3.05, 3.63) is 65.6 Å². The number of aryl methyl sites for hydroxylation is 1. The van der Waals surface area contributed by atoms with Crippen LogP contribution in [0.1, 0.15) is 30.0 Å². The van der Waals surface area contributed by atoms with Gasteiger partial charge in [0.25, 0.3) is 0 Å². The Morgan fingerprint density at radius 1 is 1.10 bits per heavy atom. The lowest BCUT2D eigenvalue weighted by atomic mass is 10.1. The van der Waals surface area contributed by atoms with Crippen LogP contribution in [0.25, 0.3) is 10.9 Å². The van der Waals surface area contributed by atoms with Gasteiger partial charge in [-0.15, -0.1) is 0 Å². The molecule has 1 atom stereocenters. The fourth-order valence-electron chi connectivity index (χ4n) is 2.56. The van der Waals surface area contributed by atoms with Crippen LogP contribution in [0.3, 0.4) is 0 Å². The normalized spacial score (nSPS) is 12.0. The van der Waals surface area contributed by atoms with Gasteiger partial charge in [-0.1, -0.05) is 24.3 Å². The summed E-state index contributed by atoms with van der Waals surface area (Å²) in [6.07, 6.45) is 1.16. The number of benzene rings is 1. The Balaban J connectivity index is 2.21. The second-order valence-corrected chi connectivity index (χ2v) is 4.98. The Hall–Kier alpha value is -2.57. The van der Waals surface area contributed by atoms with Crippen LogP contribution in [-0.2, 0) is 7.05 Å². The molecule has 0 fully saturated rings. The highest BCUT2D eigenvalue weighted by atomic mass is 16.3. The van der Waals surface area contributed by atoms with Gasteiger partial charge in [0.2, 0.25) is 0 Å². The first kappa shape index (κ1) is 13.4. The van der Waals surface area contributed by atoms with Crippen molar-refractivity contribution in [1.82, 2.24) is 9.55 Å². The van der Waals surface area contributed by atoms with E-state index in [0.29, 0.717) is 0 Å². The molecule has 3 aromatic rings. The van der Waals surface area contributed by atoms with Crippen molar-refractivity contribution in [3.8, 4) is 11.8 Å². The minimum atomic E-state index is -0.566. The van der Waals surface area contributed by atoms with Crippen molar-refractivity contribution < 1.29 is 5.11 Å². The lowest BCUT2D eigenvalue weighted by molar-refractivity contribution is 0.200. The summed E-state index contributed by atoms with van der Waals surface area (Å²) in [5.74, 6) is 6.22. The van der Waals surface area contributed by atoms with Crippen molar-refractivity contribution >= 4 is 10.9 Å². The highest BCUT2D eigenvalue weighted by Gasteiger charge is 2.16. The fraction of sp³-hybridized carbons (Fsp3) is 0.167. The summed E-state index contributed by atoms with van der Waals surface area (Å²) >= 11 is 0. The molecular weight excluding hydrogens is 260 g/mol. The zero-order valence-corrected chi connectivity index (χ0v) is 12.0. The smallest absolute Gasteiger partial charge is 0.113 e. The molecule has 2 heterocycles. The number of aliphatic hydroxyl groups excluding tert-OH is 1. The molecule has 0 bridgehead atoms. The van der Waals surface area contributed by atoms with Crippen LogP contribution in [0.15, 0.2) is 48.7 Å². The van der Waals surface area contributed by atoms with E-state index in [4.69, 9.17) is 0 Å². The Morgan fingerprint density at radius 3 is 2.57 bits per heavy atom. The van der Waals surface area contributed by atoms with Crippen molar-refractivity contribution in [2.75, 3.05) is 0 Å². The van der Waals surface area contributed by atoms with E-state index >= 15 is 0 Å². The van der Waals surface area contributed by atoms with Gasteiger partial charge in [-0.3, -0.25) is 0 Å². The summed E-state index contributed by atoms with van der Waals surface area (Å²) < 4.78 is 2.02. The molecule has 3 nitrogen and oxygen atoms in total. The second kappa shape index (κ2) is 5.43. The highest BCUT2D eigenvalue weighted by molar-refractivity contribution is 5.87. The van der Waals surface area contributed by atoms with E-state index in [0.717, 1.165) is 27.9 Å². The van der Waals surface area contributed by atoms with Crippen molar-refractivity contribution in [2.45, 2.75) is 13.0 Å². The zero-order chi connectivity index (χ0) is 14.8. The molecule has 0 spiro atoms. The molecule has 3 heteroatoms. The predicted octanol–water partition coefficient (Wildman–Crippen LogP) is 3.03. The van der Waals surface area contributed by atoms with E-state index in [2.05, 4.69) is 16.8 Å². The summed E-state index contributed by atoms with van der Waals surface area (Å²) in [5.41, 5.74) is 3.49.